The summed E-state index contributed by atoms with van der Waals surface area (Å²) in [7, 11) is 1.97. The van der Waals surface area contributed by atoms with Gasteiger partial charge in [0.2, 0.25) is 0 Å². The largest absolute Gasteiger partial charge is 0.325 e. The van der Waals surface area contributed by atoms with Crippen LogP contribution < -0.4 is 10.0 Å². The average molecular weight is 326 g/mol. The normalized spacial score (nSPS) is 10.6. The number of hydrogen-bond acceptors (Lipinski definition) is 4. The molecule has 0 saturated carbocycles. The van der Waals surface area contributed by atoms with Crippen molar-refractivity contribution in [2.75, 3.05) is 11.8 Å². The summed E-state index contributed by atoms with van der Waals surface area (Å²) < 4.78 is 3.51. The molecule has 0 spiro atoms. The smallest absolute Gasteiger partial charge is 0.0525 e. The number of anilines is 1. The van der Waals surface area contributed by atoms with Gasteiger partial charge in [-0.3, -0.25) is 0 Å². The van der Waals surface area contributed by atoms with Gasteiger partial charge >= 0.3 is 0 Å². The molecule has 1 heterocycles. The quantitative estimate of drug-likeness (QED) is 0.605. The van der Waals surface area contributed by atoms with E-state index in [1.165, 1.54) is 21.6 Å². The van der Waals surface area contributed by atoms with Gasteiger partial charge in [0.1, 0.15) is 0 Å². The van der Waals surface area contributed by atoms with E-state index in [-0.39, 0.29) is 0 Å². The zero-order valence-corrected chi connectivity index (χ0v) is 14.0. The Morgan fingerprint density at radius 3 is 2.64 bits per heavy atom. The summed E-state index contributed by atoms with van der Waals surface area (Å²) in [6, 6.07) is 19.1. The number of thiophene rings is 1. The SMILES string of the molecule is CNCc1ccc(-c2ccsc2)c(NSc2ccccc2)c1. The maximum Gasteiger partial charge on any atom is 0.0525 e. The van der Waals surface area contributed by atoms with Crippen LogP contribution in [0.3, 0.4) is 0 Å². The summed E-state index contributed by atoms with van der Waals surface area (Å²) in [5.74, 6) is 0. The van der Waals surface area contributed by atoms with E-state index < -0.39 is 0 Å². The Labute approximate surface area is 139 Å². The van der Waals surface area contributed by atoms with Gasteiger partial charge in [-0.15, -0.1) is 0 Å². The molecule has 4 heteroatoms. The predicted molar refractivity (Wildman–Crippen MR) is 98.4 cm³/mol. The van der Waals surface area contributed by atoms with Crippen molar-refractivity contribution >= 4 is 29.0 Å². The molecule has 2 N–H and O–H groups in total. The second kappa shape index (κ2) is 7.49. The lowest BCUT2D eigenvalue weighted by molar-refractivity contribution is 0.818. The molecule has 0 atom stereocenters. The molecule has 22 heavy (non-hydrogen) atoms. The highest BCUT2D eigenvalue weighted by Crippen LogP contribution is 2.33. The molecule has 112 valence electrons. The third kappa shape index (κ3) is 3.71. The first-order valence-electron chi connectivity index (χ1n) is 7.15. The van der Waals surface area contributed by atoms with Crippen molar-refractivity contribution in [3.63, 3.8) is 0 Å². The zero-order chi connectivity index (χ0) is 15.2. The topological polar surface area (TPSA) is 24.1 Å². The highest BCUT2D eigenvalue weighted by molar-refractivity contribution is 8.00. The Kier molecular flexibility index (Phi) is 5.16. The highest BCUT2D eigenvalue weighted by Gasteiger charge is 2.07. The Hall–Kier alpha value is -1.75. The van der Waals surface area contributed by atoms with E-state index >= 15 is 0 Å². The lowest BCUT2D eigenvalue weighted by atomic mass is 10.0. The van der Waals surface area contributed by atoms with Crippen molar-refractivity contribution in [2.24, 2.45) is 0 Å². The molecular weight excluding hydrogens is 308 g/mol. The van der Waals surface area contributed by atoms with Crippen LogP contribution in [-0.2, 0) is 6.54 Å². The lowest BCUT2D eigenvalue weighted by Gasteiger charge is -2.13. The Bertz CT molecular complexity index is 709. The second-order valence-corrected chi connectivity index (χ2v) is 6.60. The van der Waals surface area contributed by atoms with Crippen LogP contribution in [0.1, 0.15) is 5.56 Å². The van der Waals surface area contributed by atoms with E-state index in [0.717, 1.165) is 12.2 Å². The minimum absolute atomic E-state index is 0.870. The monoisotopic (exact) mass is 326 g/mol. The van der Waals surface area contributed by atoms with Crippen LogP contribution in [0.2, 0.25) is 0 Å². The maximum atomic E-state index is 3.51. The summed E-state index contributed by atoms with van der Waals surface area (Å²) in [4.78, 5) is 1.21. The molecule has 3 aromatic rings. The predicted octanol–water partition coefficient (Wildman–Crippen LogP) is 5.25. The van der Waals surface area contributed by atoms with Gasteiger partial charge in [-0.1, -0.05) is 30.3 Å². The first-order valence-corrected chi connectivity index (χ1v) is 8.91. The Morgan fingerprint density at radius 2 is 1.91 bits per heavy atom. The molecule has 1 aromatic heterocycles. The molecule has 0 bridgehead atoms. The van der Waals surface area contributed by atoms with Crippen molar-refractivity contribution in [3.05, 3.63) is 70.9 Å². The van der Waals surface area contributed by atoms with Crippen molar-refractivity contribution in [2.45, 2.75) is 11.4 Å². The minimum atomic E-state index is 0.870. The van der Waals surface area contributed by atoms with E-state index in [1.54, 1.807) is 23.3 Å². The third-order valence-corrected chi connectivity index (χ3v) is 4.83. The summed E-state index contributed by atoms with van der Waals surface area (Å²) in [6.45, 7) is 0.870. The number of hydrogen-bond donors (Lipinski definition) is 2. The molecule has 3 rings (SSSR count). The molecular formula is C18H18N2S2. The first kappa shape index (κ1) is 15.2. The van der Waals surface area contributed by atoms with Gasteiger partial charge in [0, 0.05) is 17.0 Å². The van der Waals surface area contributed by atoms with Crippen LogP contribution in [0.15, 0.2) is 70.3 Å². The fourth-order valence-corrected chi connectivity index (χ4v) is 3.61. The zero-order valence-electron chi connectivity index (χ0n) is 12.4. The molecule has 0 aliphatic rings. The van der Waals surface area contributed by atoms with Gasteiger partial charge in [0.05, 0.1) is 5.69 Å². The van der Waals surface area contributed by atoms with E-state index in [0.29, 0.717) is 0 Å². The van der Waals surface area contributed by atoms with Gasteiger partial charge in [0.25, 0.3) is 0 Å². The molecule has 0 radical (unpaired) electrons. The summed E-state index contributed by atoms with van der Waals surface area (Å²) in [6.07, 6.45) is 0. The molecule has 0 fully saturated rings. The maximum absolute atomic E-state index is 3.51. The fraction of sp³-hybridized carbons (Fsp3) is 0.111. The first-order chi connectivity index (χ1) is 10.9. The van der Waals surface area contributed by atoms with Gasteiger partial charge in [0.15, 0.2) is 0 Å². The van der Waals surface area contributed by atoms with Crippen molar-refractivity contribution in [3.8, 4) is 11.1 Å². The summed E-state index contributed by atoms with van der Waals surface area (Å²) in [5, 5.41) is 7.51. The van der Waals surface area contributed by atoms with E-state index in [4.69, 9.17) is 0 Å². The van der Waals surface area contributed by atoms with Gasteiger partial charge in [-0.25, -0.2) is 0 Å². The second-order valence-electron chi connectivity index (χ2n) is 4.94. The molecule has 0 amide bonds. The van der Waals surface area contributed by atoms with Gasteiger partial charge in [-0.2, -0.15) is 11.3 Å². The van der Waals surface area contributed by atoms with Gasteiger partial charge < -0.3 is 10.0 Å². The average Bonchev–Trinajstić information content (AvgIpc) is 3.09. The van der Waals surface area contributed by atoms with Crippen LogP contribution in [0.25, 0.3) is 11.1 Å². The van der Waals surface area contributed by atoms with E-state index in [9.17, 15) is 0 Å². The van der Waals surface area contributed by atoms with E-state index in [2.05, 4.69) is 69.3 Å². The summed E-state index contributed by atoms with van der Waals surface area (Å²) >= 11 is 3.37. The molecule has 0 aliphatic carbocycles. The van der Waals surface area contributed by atoms with Gasteiger partial charge in [-0.05, 0) is 65.1 Å². The fourth-order valence-electron chi connectivity index (χ4n) is 2.26. The molecule has 2 nitrogen and oxygen atoms in total. The lowest BCUT2D eigenvalue weighted by Crippen LogP contribution is -2.05. The van der Waals surface area contributed by atoms with Crippen LogP contribution >= 0.6 is 23.3 Å². The molecule has 0 aliphatic heterocycles. The van der Waals surface area contributed by atoms with Crippen molar-refractivity contribution in [1.82, 2.24) is 5.32 Å². The van der Waals surface area contributed by atoms with Crippen molar-refractivity contribution < 1.29 is 0 Å². The van der Waals surface area contributed by atoms with Crippen LogP contribution in [0.5, 0.6) is 0 Å². The highest BCUT2D eigenvalue weighted by atomic mass is 32.2. The van der Waals surface area contributed by atoms with Crippen LogP contribution in [0, 0.1) is 0 Å². The number of nitrogens with one attached hydrogen (secondary N) is 2. The van der Waals surface area contributed by atoms with E-state index in [1.807, 2.05) is 13.1 Å². The van der Waals surface area contributed by atoms with Crippen LogP contribution in [-0.4, -0.2) is 7.05 Å². The molecule has 2 aromatic carbocycles. The van der Waals surface area contributed by atoms with Crippen LogP contribution in [0.4, 0.5) is 5.69 Å². The summed E-state index contributed by atoms with van der Waals surface area (Å²) in [5.41, 5.74) is 4.93. The third-order valence-electron chi connectivity index (χ3n) is 3.32. The molecule has 0 unspecified atom stereocenters. The minimum Gasteiger partial charge on any atom is -0.325 e. The van der Waals surface area contributed by atoms with Crippen molar-refractivity contribution in [1.29, 1.82) is 0 Å². The standard InChI is InChI=1S/C18H18N2S2/c1-19-12-14-7-8-17(15-9-10-21-13-15)18(11-14)20-22-16-5-3-2-4-6-16/h2-11,13,19-20H,12H2,1H3. The Morgan fingerprint density at radius 1 is 1.05 bits per heavy atom. The molecule has 0 saturated heterocycles. The number of rotatable bonds is 6. The number of benzene rings is 2. The Balaban J connectivity index is 1.87.